The summed E-state index contributed by atoms with van der Waals surface area (Å²) in [6.07, 6.45) is 1.04. The molecule has 1 aliphatic carbocycles. The molecule has 1 aromatic carbocycles. The largest absolute Gasteiger partial charge is 0.307 e. The lowest BCUT2D eigenvalue weighted by Crippen LogP contribution is -2.35. The van der Waals surface area contributed by atoms with Crippen LogP contribution in [0.15, 0.2) is 18.2 Å². The predicted octanol–water partition coefficient (Wildman–Crippen LogP) is 2.42. The number of halogens is 1. The van der Waals surface area contributed by atoms with Crippen LogP contribution in [0.3, 0.4) is 0 Å². The van der Waals surface area contributed by atoms with Crippen molar-refractivity contribution in [2.24, 2.45) is 0 Å². The second kappa shape index (κ2) is 3.11. The van der Waals surface area contributed by atoms with E-state index in [9.17, 15) is 4.39 Å². The zero-order valence-corrected chi connectivity index (χ0v) is 7.97. The maximum atomic E-state index is 12.9. The molecule has 0 bridgehead atoms. The van der Waals surface area contributed by atoms with Gasteiger partial charge in [0.05, 0.1) is 0 Å². The molecule has 0 aromatic heterocycles. The third-order valence-corrected chi connectivity index (χ3v) is 2.44. The first kappa shape index (κ1) is 8.70. The topological polar surface area (TPSA) is 12.0 Å². The molecule has 1 atom stereocenters. The Kier molecular flexibility index (Phi) is 2.08. The third kappa shape index (κ3) is 1.59. The van der Waals surface area contributed by atoms with Crippen molar-refractivity contribution in [1.29, 1.82) is 0 Å². The molecule has 1 aromatic rings. The first-order valence-electron chi connectivity index (χ1n) is 4.71. The molecule has 0 fully saturated rings. The van der Waals surface area contributed by atoms with E-state index in [1.807, 2.05) is 6.07 Å². The van der Waals surface area contributed by atoms with Gasteiger partial charge in [0.25, 0.3) is 0 Å². The molecule has 1 unspecified atom stereocenters. The van der Waals surface area contributed by atoms with Gasteiger partial charge in [0.2, 0.25) is 0 Å². The number of hydrogen-bond acceptors (Lipinski definition) is 1. The van der Waals surface area contributed by atoms with E-state index in [1.165, 1.54) is 11.6 Å². The molecule has 2 heteroatoms. The Morgan fingerprint density at radius 1 is 1.46 bits per heavy atom. The maximum absolute atomic E-state index is 12.9. The monoisotopic (exact) mass is 179 g/mol. The summed E-state index contributed by atoms with van der Waals surface area (Å²) in [5.74, 6) is -0.131. The van der Waals surface area contributed by atoms with E-state index >= 15 is 0 Å². The van der Waals surface area contributed by atoms with Crippen LogP contribution < -0.4 is 5.32 Å². The van der Waals surface area contributed by atoms with Gasteiger partial charge >= 0.3 is 0 Å². The van der Waals surface area contributed by atoms with E-state index < -0.39 is 0 Å². The van der Waals surface area contributed by atoms with Crippen molar-refractivity contribution in [3.8, 4) is 0 Å². The average Bonchev–Trinajstić information content (AvgIpc) is 2.04. The van der Waals surface area contributed by atoms with Crippen LogP contribution in [-0.2, 0) is 6.42 Å². The van der Waals surface area contributed by atoms with Crippen molar-refractivity contribution in [3.63, 3.8) is 0 Å². The molecule has 2 rings (SSSR count). The van der Waals surface area contributed by atoms with Gasteiger partial charge in [0.15, 0.2) is 0 Å². The van der Waals surface area contributed by atoms with Gasteiger partial charge in [-0.15, -0.1) is 0 Å². The van der Waals surface area contributed by atoms with Gasteiger partial charge < -0.3 is 5.32 Å². The van der Waals surface area contributed by atoms with Crippen molar-refractivity contribution >= 4 is 0 Å². The molecule has 0 saturated carbocycles. The van der Waals surface area contributed by atoms with Crippen LogP contribution in [-0.4, -0.2) is 6.04 Å². The molecule has 1 nitrogen and oxygen atoms in total. The van der Waals surface area contributed by atoms with Crippen LogP contribution in [0.1, 0.15) is 31.0 Å². The van der Waals surface area contributed by atoms with Crippen LogP contribution in [0.5, 0.6) is 0 Å². The van der Waals surface area contributed by atoms with Crippen molar-refractivity contribution in [1.82, 2.24) is 5.32 Å². The lowest BCUT2D eigenvalue weighted by Gasteiger charge is -2.32. The van der Waals surface area contributed by atoms with E-state index in [0.29, 0.717) is 12.1 Å². The highest BCUT2D eigenvalue weighted by Crippen LogP contribution is 2.33. The molecule has 0 spiro atoms. The molecule has 1 aliphatic rings. The zero-order chi connectivity index (χ0) is 9.42. The summed E-state index contributed by atoms with van der Waals surface area (Å²) in [4.78, 5) is 0. The Morgan fingerprint density at radius 2 is 2.23 bits per heavy atom. The standard InChI is InChI=1S/C11H14FN/c1-7(2)13-11-5-8-3-4-9(12)6-10(8)11/h3-4,6-7,11,13H,5H2,1-2H3. The SMILES string of the molecule is CC(C)NC1Cc2ccc(F)cc21. The smallest absolute Gasteiger partial charge is 0.123 e. The van der Waals surface area contributed by atoms with Gasteiger partial charge in [-0.2, -0.15) is 0 Å². The molecular weight excluding hydrogens is 165 g/mol. The van der Waals surface area contributed by atoms with E-state index in [2.05, 4.69) is 19.2 Å². The van der Waals surface area contributed by atoms with Crippen LogP contribution >= 0.6 is 0 Å². The minimum Gasteiger partial charge on any atom is -0.307 e. The Hall–Kier alpha value is -0.890. The second-order valence-corrected chi connectivity index (χ2v) is 3.92. The molecule has 0 radical (unpaired) electrons. The molecule has 0 aliphatic heterocycles. The van der Waals surface area contributed by atoms with Crippen molar-refractivity contribution < 1.29 is 4.39 Å². The summed E-state index contributed by atoms with van der Waals surface area (Å²) < 4.78 is 12.9. The van der Waals surface area contributed by atoms with E-state index in [-0.39, 0.29) is 5.82 Å². The average molecular weight is 179 g/mol. The highest BCUT2D eigenvalue weighted by Gasteiger charge is 2.26. The fraction of sp³-hybridized carbons (Fsp3) is 0.455. The predicted molar refractivity (Wildman–Crippen MR) is 51.1 cm³/mol. The molecule has 70 valence electrons. The molecule has 0 amide bonds. The van der Waals surface area contributed by atoms with Gasteiger partial charge in [-0.25, -0.2) is 4.39 Å². The normalized spacial score (nSPS) is 19.8. The maximum Gasteiger partial charge on any atom is 0.123 e. The van der Waals surface area contributed by atoms with E-state index in [0.717, 1.165) is 12.0 Å². The molecule has 0 saturated heterocycles. The van der Waals surface area contributed by atoms with Gasteiger partial charge in [0.1, 0.15) is 5.82 Å². The second-order valence-electron chi connectivity index (χ2n) is 3.92. The summed E-state index contributed by atoms with van der Waals surface area (Å²) in [6, 6.07) is 5.87. The summed E-state index contributed by atoms with van der Waals surface area (Å²) in [6.45, 7) is 4.22. The van der Waals surface area contributed by atoms with Crippen molar-refractivity contribution in [3.05, 3.63) is 35.1 Å². The minimum absolute atomic E-state index is 0.131. The molecule has 1 N–H and O–H groups in total. The summed E-state index contributed by atoms with van der Waals surface area (Å²) >= 11 is 0. The Morgan fingerprint density at radius 3 is 2.92 bits per heavy atom. The van der Waals surface area contributed by atoms with Crippen LogP contribution in [0, 0.1) is 5.82 Å². The third-order valence-electron chi connectivity index (χ3n) is 2.44. The quantitative estimate of drug-likeness (QED) is 0.735. The van der Waals surface area contributed by atoms with Crippen LogP contribution in [0.25, 0.3) is 0 Å². The highest BCUT2D eigenvalue weighted by atomic mass is 19.1. The number of fused-ring (bicyclic) bond motifs is 1. The number of nitrogens with one attached hydrogen (secondary N) is 1. The number of benzene rings is 1. The van der Waals surface area contributed by atoms with Gasteiger partial charge in [-0.3, -0.25) is 0 Å². The summed E-state index contributed by atoms with van der Waals surface area (Å²) in [5.41, 5.74) is 2.41. The first-order valence-corrected chi connectivity index (χ1v) is 4.71. The lowest BCUT2D eigenvalue weighted by molar-refractivity contribution is 0.433. The Bertz CT molecular complexity index is 320. The lowest BCUT2D eigenvalue weighted by atomic mass is 9.83. The van der Waals surface area contributed by atoms with Gasteiger partial charge in [-0.05, 0) is 29.7 Å². The Labute approximate surface area is 78.0 Å². The number of hydrogen-bond donors (Lipinski definition) is 1. The number of rotatable bonds is 2. The molecule has 13 heavy (non-hydrogen) atoms. The van der Waals surface area contributed by atoms with Crippen molar-refractivity contribution in [2.75, 3.05) is 0 Å². The Balaban J connectivity index is 2.15. The summed E-state index contributed by atoms with van der Waals surface area (Å²) in [7, 11) is 0. The highest BCUT2D eigenvalue weighted by molar-refractivity contribution is 5.39. The van der Waals surface area contributed by atoms with Gasteiger partial charge in [0, 0.05) is 12.1 Å². The molecular formula is C11H14FN. The first-order chi connectivity index (χ1) is 6.16. The summed E-state index contributed by atoms with van der Waals surface area (Å²) in [5, 5.41) is 3.40. The van der Waals surface area contributed by atoms with Crippen molar-refractivity contribution in [2.45, 2.75) is 32.4 Å². The van der Waals surface area contributed by atoms with Crippen LogP contribution in [0.2, 0.25) is 0 Å². The fourth-order valence-electron chi connectivity index (χ4n) is 1.83. The van der Waals surface area contributed by atoms with E-state index in [4.69, 9.17) is 0 Å². The van der Waals surface area contributed by atoms with Gasteiger partial charge in [-0.1, -0.05) is 19.9 Å². The minimum atomic E-state index is -0.131. The zero-order valence-electron chi connectivity index (χ0n) is 7.97. The fourth-order valence-corrected chi connectivity index (χ4v) is 1.83. The van der Waals surface area contributed by atoms with E-state index in [1.54, 1.807) is 6.07 Å². The molecule has 0 heterocycles. The van der Waals surface area contributed by atoms with Crippen LogP contribution in [0.4, 0.5) is 4.39 Å².